The second-order valence-corrected chi connectivity index (χ2v) is 9.17. The molecule has 0 amide bonds. The third-order valence-electron chi connectivity index (χ3n) is 6.49. The highest BCUT2D eigenvalue weighted by Crippen LogP contribution is 2.60. The highest BCUT2D eigenvalue weighted by Gasteiger charge is 2.54. The van der Waals surface area contributed by atoms with Crippen molar-refractivity contribution in [1.82, 2.24) is 19.8 Å². The monoisotopic (exact) mass is 371 g/mol. The molecule has 4 saturated carbocycles. The summed E-state index contributed by atoms with van der Waals surface area (Å²) in [5.41, 5.74) is 0.106. The number of nitro groups is 1. The van der Waals surface area contributed by atoms with E-state index in [2.05, 4.69) is 15.3 Å². The quantitative estimate of drug-likeness (QED) is 0.512. The lowest BCUT2D eigenvalue weighted by molar-refractivity contribution is -0.401. The van der Waals surface area contributed by atoms with Crippen LogP contribution >= 0.6 is 11.3 Å². The minimum atomic E-state index is -0.537. The van der Waals surface area contributed by atoms with Gasteiger partial charge in [0.2, 0.25) is 4.96 Å². The van der Waals surface area contributed by atoms with Gasteiger partial charge in [0, 0.05) is 5.41 Å². The van der Waals surface area contributed by atoms with Gasteiger partial charge in [0.15, 0.2) is 16.6 Å². The molecule has 0 saturated heterocycles. The van der Waals surface area contributed by atoms with Crippen molar-refractivity contribution in [3.63, 3.8) is 0 Å². The maximum absolute atomic E-state index is 10.8. The smallest absolute Gasteiger partial charge is 0.398 e. The van der Waals surface area contributed by atoms with Crippen molar-refractivity contribution in [2.45, 2.75) is 43.9 Å². The van der Waals surface area contributed by atoms with Crippen LogP contribution in [0.3, 0.4) is 0 Å². The molecule has 0 aliphatic heterocycles. The summed E-state index contributed by atoms with van der Waals surface area (Å²) in [7, 11) is 0. The SMILES string of the molecule is O=[N+]([O-])c1ccc(-c2nn3c(C45CC6CC(CC(C6)C4)C5)nnc3s2)o1. The molecule has 0 radical (unpaired) electrons. The minimum absolute atomic E-state index is 0.106. The second-order valence-electron chi connectivity index (χ2n) is 8.22. The minimum Gasteiger partial charge on any atom is -0.398 e. The van der Waals surface area contributed by atoms with E-state index in [1.165, 1.54) is 55.9 Å². The van der Waals surface area contributed by atoms with Gasteiger partial charge in [-0.1, -0.05) is 11.3 Å². The van der Waals surface area contributed by atoms with Gasteiger partial charge in [-0.15, -0.1) is 15.3 Å². The molecule has 0 unspecified atom stereocenters. The Hall–Kier alpha value is -2.29. The fourth-order valence-corrected chi connectivity index (χ4v) is 6.77. The Kier molecular flexibility index (Phi) is 2.80. The van der Waals surface area contributed by atoms with E-state index >= 15 is 0 Å². The first-order chi connectivity index (χ1) is 12.6. The molecule has 134 valence electrons. The van der Waals surface area contributed by atoms with Gasteiger partial charge in [-0.3, -0.25) is 10.1 Å². The van der Waals surface area contributed by atoms with Crippen LogP contribution in [-0.2, 0) is 5.41 Å². The van der Waals surface area contributed by atoms with Crippen LogP contribution in [0.5, 0.6) is 0 Å². The highest BCUT2D eigenvalue weighted by molar-refractivity contribution is 7.19. The van der Waals surface area contributed by atoms with E-state index in [4.69, 9.17) is 4.42 Å². The third kappa shape index (κ3) is 1.97. The van der Waals surface area contributed by atoms with Crippen LogP contribution in [0.25, 0.3) is 15.7 Å². The van der Waals surface area contributed by atoms with Crippen molar-refractivity contribution < 1.29 is 9.34 Å². The van der Waals surface area contributed by atoms with Crippen molar-refractivity contribution in [3.8, 4) is 10.8 Å². The molecule has 4 aliphatic rings. The van der Waals surface area contributed by atoms with E-state index in [1.54, 1.807) is 6.07 Å². The van der Waals surface area contributed by atoms with Gasteiger partial charge in [-0.2, -0.15) is 4.52 Å². The maximum atomic E-state index is 10.8. The molecule has 9 heteroatoms. The number of furan rings is 1. The average molecular weight is 371 g/mol. The lowest BCUT2D eigenvalue weighted by Gasteiger charge is -2.55. The Morgan fingerprint density at radius 2 is 1.85 bits per heavy atom. The van der Waals surface area contributed by atoms with Crippen LogP contribution in [-0.4, -0.2) is 24.7 Å². The van der Waals surface area contributed by atoms with Gasteiger partial charge in [-0.05, 0) is 62.3 Å². The summed E-state index contributed by atoms with van der Waals surface area (Å²) in [4.78, 5) is 11.0. The molecule has 26 heavy (non-hydrogen) atoms. The van der Waals surface area contributed by atoms with E-state index in [0.717, 1.165) is 28.5 Å². The number of nitrogens with zero attached hydrogens (tertiary/aromatic N) is 5. The van der Waals surface area contributed by atoms with Gasteiger partial charge < -0.3 is 4.42 Å². The zero-order chi connectivity index (χ0) is 17.5. The van der Waals surface area contributed by atoms with E-state index in [9.17, 15) is 10.1 Å². The number of aromatic nitrogens is 4. The topological polar surface area (TPSA) is 99.4 Å². The van der Waals surface area contributed by atoms with E-state index in [-0.39, 0.29) is 11.3 Å². The number of hydrogen-bond acceptors (Lipinski definition) is 7. The predicted molar refractivity (Wildman–Crippen MR) is 92.9 cm³/mol. The molecule has 7 rings (SSSR count). The van der Waals surface area contributed by atoms with Crippen LogP contribution in [0, 0.1) is 27.9 Å². The Balaban J connectivity index is 1.43. The van der Waals surface area contributed by atoms with Crippen molar-refractivity contribution in [2.24, 2.45) is 17.8 Å². The molecule has 0 spiro atoms. The largest absolute Gasteiger partial charge is 0.433 e. The molecule has 0 aromatic carbocycles. The molecule has 3 aromatic rings. The van der Waals surface area contributed by atoms with E-state index in [0.29, 0.717) is 10.8 Å². The van der Waals surface area contributed by atoms with Crippen LogP contribution in [0.2, 0.25) is 0 Å². The molecule has 4 aliphatic carbocycles. The van der Waals surface area contributed by atoms with Gasteiger partial charge in [0.1, 0.15) is 4.92 Å². The molecule has 8 nitrogen and oxygen atoms in total. The van der Waals surface area contributed by atoms with Gasteiger partial charge in [0.05, 0.1) is 6.07 Å². The Labute approximate surface area is 152 Å². The van der Waals surface area contributed by atoms with Crippen LogP contribution < -0.4 is 0 Å². The fourth-order valence-electron chi connectivity index (χ4n) is 5.97. The van der Waals surface area contributed by atoms with Crippen molar-refractivity contribution in [3.05, 3.63) is 28.1 Å². The third-order valence-corrected chi connectivity index (χ3v) is 7.40. The predicted octanol–water partition coefficient (Wildman–Crippen LogP) is 3.82. The summed E-state index contributed by atoms with van der Waals surface area (Å²) in [6.45, 7) is 0. The zero-order valence-corrected chi connectivity index (χ0v) is 14.8. The summed E-state index contributed by atoms with van der Waals surface area (Å²) in [6, 6.07) is 2.95. The summed E-state index contributed by atoms with van der Waals surface area (Å²) in [6.07, 6.45) is 7.70. The summed E-state index contributed by atoms with van der Waals surface area (Å²) in [5.74, 6) is 3.57. The highest BCUT2D eigenvalue weighted by atomic mass is 32.1. The lowest BCUT2D eigenvalue weighted by atomic mass is 9.49. The molecule has 4 bridgehead atoms. The Morgan fingerprint density at radius 1 is 1.15 bits per heavy atom. The maximum Gasteiger partial charge on any atom is 0.433 e. The molecular weight excluding hydrogens is 354 g/mol. The molecule has 0 atom stereocenters. The first-order valence-electron chi connectivity index (χ1n) is 9.07. The fraction of sp³-hybridized carbons (Fsp3) is 0.588. The first-order valence-corrected chi connectivity index (χ1v) is 9.89. The molecule has 4 fully saturated rings. The lowest BCUT2D eigenvalue weighted by Crippen LogP contribution is -2.49. The summed E-state index contributed by atoms with van der Waals surface area (Å²) < 4.78 is 7.17. The van der Waals surface area contributed by atoms with Crippen molar-refractivity contribution in [2.75, 3.05) is 0 Å². The number of hydrogen-bond donors (Lipinski definition) is 0. The van der Waals surface area contributed by atoms with Crippen LogP contribution in [0.4, 0.5) is 5.88 Å². The molecule has 3 aromatic heterocycles. The van der Waals surface area contributed by atoms with Gasteiger partial charge >= 0.3 is 5.88 Å². The summed E-state index contributed by atoms with van der Waals surface area (Å²) >= 11 is 1.36. The molecular formula is C17H17N5O3S. The first kappa shape index (κ1) is 14.8. The Morgan fingerprint density at radius 3 is 2.46 bits per heavy atom. The number of rotatable bonds is 3. The number of fused-ring (bicyclic) bond motifs is 1. The average Bonchev–Trinajstić information content (AvgIpc) is 3.28. The van der Waals surface area contributed by atoms with Crippen molar-refractivity contribution >= 4 is 22.2 Å². The van der Waals surface area contributed by atoms with E-state index < -0.39 is 4.92 Å². The summed E-state index contributed by atoms with van der Waals surface area (Å²) in [5, 5.41) is 25.0. The normalized spacial score (nSPS) is 32.5. The standard InChI is InChI=1S/C17H17N5O3S/c23-22(24)13-2-1-12(25-13)14-20-21-15(18-19-16(21)26-14)17-6-9-3-10(7-17)5-11(4-9)8-17/h1-2,9-11H,3-8H2. The molecule has 0 N–H and O–H groups in total. The second kappa shape index (κ2) is 4.91. The van der Waals surface area contributed by atoms with Crippen LogP contribution in [0.15, 0.2) is 16.5 Å². The van der Waals surface area contributed by atoms with Crippen LogP contribution in [0.1, 0.15) is 44.3 Å². The molecule has 3 heterocycles. The Bertz CT molecular complexity index is 999. The zero-order valence-electron chi connectivity index (χ0n) is 14.0. The van der Waals surface area contributed by atoms with Crippen molar-refractivity contribution in [1.29, 1.82) is 0 Å². The van der Waals surface area contributed by atoms with Gasteiger partial charge in [0.25, 0.3) is 0 Å². The van der Waals surface area contributed by atoms with Gasteiger partial charge in [-0.25, -0.2) is 0 Å². The van der Waals surface area contributed by atoms with E-state index in [1.807, 2.05) is 4.52 Å².